The van der Waals surface area contributed by atoms with Crippen molar-refractivity contribution in [2.24, 2.45) is 0 Å². The van der Waals surface area contributed by atoms with Crippen molar-refractivity contribution in [3.05, 3.63) is 42.0 Å². The molecule has 15 heavy (non-hydrogen) atoms. The Hall–Kier alpha value is -1.05. The molecule has 0 saturated carbocycles. The molecule has 2 nitrogen and oxygen atoms in total. The van der Waals surface area contributed by atoms with Crippen molar-refractivity contribution < 1.29 is 9.53 Å². The predicted molar refractivity (Wildman–Crippen MR) is 62.4 cm³/mol. The first-order chi connectivity index (χ1) is 7.27. The van der Waals surface area contributed by atoms with Gasteiger partial charge in [0.15, 0.2) is 0 Å². The number of rotatable bonds is 4. The zero-order valence-electron chi connectivity index (χ0n) is 8.90. The van der Waals surface area contributed by atoms with E-state index in [9.17, 15) is 4.79 Å². The molecule has 0 fully saturated rings. The van der Waals surface area contributed by atoms with Crippen molar-refractivity contribution in [3.63, 3.8) is 0 Å². The molecule has 0 heterocycles. The van der Waals surface area contributed by atoms with E-state index in [0.717, 1.165) is 10.9 Å². The van der Waals surface area contributed by atoms with Gasteiger partial charge >= 0.3 is 96.3 Å². The molecule has 0 bridgehead atoms. The average molecular weight is 269 g/mol. The number of esters is 1. The predicted octanol–water partition coefficient (Wildman–Crippen LogP) is 1.55. The first-order valence-electron chi connectivity index (χ1n) is 4.69. The normalized spacial score (nSPS) is 11.2. The molecule has 0 aliphatic rings. The Balaban J connectivity index is 2.53. The van der Waals surface area contributed by atoms with Gasteiger partial charge < -0.3 is 0 Å². The van der Waals surface area contributed by atoms with Gasteiger partial charge in [-0.15, -0.1) is 0 Å². The fourth-order valence-electron chi connectivity index (χ4n) is 1.07. The van der Waals surface area contributed by atoms with Gasteiger partial charge in [0.2, 0.25) is 0 Å². The molecule has 0 amide bonds. The Bertz CT molecular complexity index is 344. The minimum absolute atomic E-state index is 0.213. The average Bonchev–Trinajstić information content (AvgIpc) is 2.31. The van der Waals surface area contributed by atoms with Crippen LogP contribution in [0.15, 0.2) is 42.0 Å². The first-order valence-corrected chi connectivity index (χ1v) is 6.76. The molecule has 1 aromatic carbocycles. The van der Waals surface area contributed by atoms with Crippen LogP contribution in [0.2, 0.25) is 5.32 Å². The van der Waals surface area contributed by atoms with Gasteiger partial charge in [-0.25, -0.2) is 0 Å². The van der Waals surface area contributed by atoms with Crippen LogP contribution in [-0.2, 0) is 9.53 Å². The van der Waals surface area contributed by atoms with Gasteiger partial charge in [0.05, 0.1) is 0 Å². The van der Waals surface area contributed by atoms with E-state index in [2.05, 4.69) is 12.1 Å². The van der Waals surface area contributed by atoms with Crippen molar-refractivity contribution in [1.29, 1.82) is 0 Å². The maximum absolute atomic E-state index is 11.3. The quantitative estimate of drug-likeness (QED) is 0.471. The van der Waals surface area contributed by atoms with E-state index in [4.69, 9.17) is 4.74 Å². The number of ether oxygens (including phenoxy) is 1. The molecule has 0 aliphatic heterocycles. The second kappa shape index (κ2) is 6.44. The van der Waals surface area contributed by atoms with Gasteiger partial charge in [-0.1, -0.05) is 0 Å². The van der Waals surface area contributed by atoms with Crippen molar-refractivity contribution in [2.45, 2.75) is 12.2 Å². The summed E-state index contributed by atoms with van der Waals surface area (Å²) in [5.41, 5.74) is 0.765. The van der Waals surface area contributed by atoms with E-state index >= 15 is 0 Å². The molecule has 0 aromatic heterocycles. The number of carbonyl (C=O) groups is 1. The Labute approximate surface area is 96.5 Å². The first kappa shape index (κ1) is 12.0. The van der Waals surface area contributed by atoms with E-state index in [-0.39, 0.29) is 5.97 Å². The molecule has 1 aromatic rings. The van der Waals surface area contributed by atoms with E-state index in [0.29, 0.717) is 15.0 Å². The SMILES string of the molecule is CC=C(C[Se]c1ccccc1)C(=O)OC. The molecule has 0 saturated heterocycles. The third-order valence-corrected chi connectivity index (χ3v) is 4.16. The molecule has 3 heteroatoms. The van der Waals surface area contributed by atoms with Gasteiger partial charge in [0.25, 0.3) is 0 Å². The zero-order chi connectivity index (χ0) is 11.1. The summed E-state index contributed by atoms with van der Waals surface area (Å²) in [5.74, 6) is -0.213. The molecular weight excluding hydrogens is 255 g/mol. The van der Waals surface area contributed by atoms with Gasteiger partial charge in [-0.05, 0) is 0 Å². The number of allylic oxidation sites excluding steroid dienone is 1. The molecule has 0 atom stereocenters. The van der Waals surface area contributed by atoms with Crippen molar-refractivity contribution in [3.8, 4) is 0 Å². The summed E-state index contributed by atoms with van der Waals surface area (Å²) in [6.45, 7) is 1.87. The molecule has 0 spiro atoms. The number of hydrogen-bond acceptors (Lipinski definition) is 2. The third kappa shape index (κ3) is 3.90. The van der Waals surface area contributed by atoms with E-state index in [1.165, 1.54) is 11.6 Å². The Morgan fingerprint density at radius 3 is 2.60 bits per heavy atom. The van der Waals surface area contributed by atoms with Gasteiger partial charge in [-0.2, -0.15) is 0 Å². The monoisotopic (exact) mass is 270 g/mol. The number of hydrogen-bond donors (Lipinski definition) is 0. The van der Waals surface area contributed by atoms with Crippen LogP contribution in [0.4, 0.5) is 0 Å². The van der Waals surface area contributed by atoms with Gasteiger partial charge in [0, 0.05) is 0 Å². The third-order valence-electron chi connectivity index (χ3n) is 1.93. The number of carbonyl (C=O) groups excluding carboxylic acids is 1. The summed E-state index contributed by atoms with van der Waals surface area (Å²) >= 11 is 0.303. The summed E-state index contributed by atoms with van der Waals surface area (Å²) < 4.78 is 5.99. The van der Waals surface area contributed by atoms with Crippen LogP contribution in [0.1, 0.15) is 6.92 Å². The number of methoxy groups -OCH3 is 1. The van der Waals surface area contributed by atoms with E-state index in [1.54, 1.807) is 0 Å². The van der Waals surface area contributed by atoms with Crippen LogP contribution < -0.4 is 4.46 Å². The molecule has 0 N–H and O–H groups in total. The van der Waals surface area contributed by atoms with Crippen LogP contribution >= 0.6 is 0 Å². The fraction of sp³-hybridized carbons (Fsp3) is 0.250. The zero-order valence-corrected chi connectivity index (χ0v) is 10.6. The topological polar surface area (TPSA) is 26.3 Å². The summed E-state index contributed by atoms with van der Waals surface area (Å²) in [5, 5.41) is 0.792. The summed E-state index contributed by atoms with van der Waals surface area (Å²) in [7, 11) is 1.42. The molecule has 80 valence electrons. The van der Waals surface area contributed by atoms with Crippen molar-refractivity contribution in [2.75, 3.05) is 7.11 Å². The van der Waals surface area contributed by atoms with Gasteiger partial charge in [0.1, 0.15) is 0 Å². The summed E-state index contributed by atoms with van der Waals surface area (Å²) in [6, 6.07) is 10.2. The molecule has 0 unspecified atom stereocenters. The van der Waals surface area contributed by atoms with E-state index in [1.807, 2.05) is 31.2 Å². The summed E-state index contributed by atoms with van der Waals surface area (Å²) in [4.78, 5) is 11.3. The van der Waals surface area contributed by atoms with Crippen LogP contribution in [0.5, 0.6) is 0 Å². The molecule has 0 aliphatic carbocycles. The second-order valence-electron chi connectivity index (χ2n) is 2.91. The Kier molecular flexibility index (Phi) is 5.16. The van der Waals surface area contributed by atoms with Crippen LogP contribution in [-0.4, -0.2) is 28.0 Å². The van der Waals surface area contributed by atoms with Crippen LogP contribution in [0, 0.1) is 0 Å². The van der Waals surface area contributed by atoms with Crippen LogP contribution in [0.25, 0.3) is 0 Å². The van der Waals surface area contributed by atoms with E-state index < -0.39 is 0 Å². The van der Waals surface area contributed by atoms with Gasteiger partial charge in [-0.3, -0.25) is 0 Å². The number of benzene rings is 1. The fourth-order valence-corrected chi connectivity index (χ4v) is 3.08. The molecule has 0 radical (unpaired) electrons. The Morgan fingerprint density at radius 1 is 1.40 bits per heavy atom. The van der Waals surface area contributed by atoms with Crippen LogP contribution in [0.3, 0.4) is 0 Å². The maximum atomic E-state index is 11.3. The summed E-state index contributed by atoms with van der Waals surface area (Å²) in [6.07, 6.45) is 1.83. The molecule has 1 rings (SSSR count). The van der Waals surface area contributed by atoms with Crippen molar-refractivity contribution >= 4 is 25.4 Å². The van der Waals surface area contributed by atoms with Crippen molar-refractivity contribution in [1.82, 2.24) is 0 Å². The molecular formula is C12H14O2Se. The standard InChI is InChI=1S/C12H14O2Se/c1-3-10(12(13)14-2)9-15-11-7-5-4-6-8-11/h3-8H,9H2,1-2H3. The Morgan fingerprint density at radius 2 is 2.07 bits per heavy atom. The second-order valence-corrected chi connectivity index (χ2v) is 5.11. The minimum atomic E-state index is -0.213.